The zero-order valence-electron chi connectivity index (χ0n) is 11.7. The van der Waals surface area contributed by atoms with Crippen molar-refractivity contribution in [3.63, 3.8) is 0 Å². The summed E-state index contributed by atoms with van der Waals surface area (Å²) >= 11 is 1.61. The van der Waals surface area contributed by atoms with E-state index in [1.54, 1.807) is 18.0 Å². The monoisotopic (exact) mass is 307 g/mol. The number of fused-ring (bicyclic) bond motifs is 1. The summed E-state index contributed by atoms with van der Waals surface area (Å²) in [5, 5.41) is 0.940. The average Bonchev–Trinajstić information content (AvgIpc) is 3.21. The summed E-state index contributed by atoms with van der Waals surface area (Å²) in [6, 6.07) is 16.0. The summed E-state index contributed by atoms with van der Waals surface area (Å²) in [5.74, 6) is 2.15. The van der Waals surface area contributed by atoms with Crippen LogP contribution in [-0.4, -0.2) is 14.4 Å². The zero-order valence-corrected chi connectivity index (χ0v) is 12.5. The molecule has 0 atom stereocenters. The summed E-state index contributed by atoms with van der Waals surface area (Å²) in [5.41, 5.74) is 2.12. The van der Waals surface area contributed by atoms with Gasteiger partial charge in [0.1, 0.15) is 0 Å². The number of oxazole rings is 1. The SMILES string of the molecule is c1ccc(-c2cnc(CSc3ncc4ccccn34)o2)cc1. The first kappa shape index (κ1) is 13.2. The molecule has 0 spiro atoms. The fourth-order valence-corrected chi connectivity index (χ4v) is 3.08. The van der Waals surface area contributed by atoms with Crippen LogP contribution in [0.1, 0.15) is 5.89 Å². The highest BCUT2D eigenvalue weighted by Crippen LogP contribution is 2.25. The molecule has 0 saturated heterocycles. The van der Waals surface area contributed by atoms with Crippen LogP contribution in [0.2, 0.25) is 0 Å². The molecule has 0 saturated carbocycles. The van der Waals surface area contributed by atoms with Crippen molar-refractivity contribution in [3.05, 3.63) is 73.0 Å². The number of benzene rings is 1. The van der Waals surface area contributed by atoms with Crippen molar-refractivity contribution in [1.82, 2.24) is 14.4 Å². The van der Waals surface area contributed by atoms with Crippen LogP contribution >= 0.6 is 11.8 Å². The molecule has 0 amide bonds. The minimum atomic E-state index is 0.654. The number of pyridine rings is 1. The number of imidazole rings is 1. The molecule has 0 aliphatic heterocycles. The Balaban J connectivity index is 1.52. The summed E-state index contributed by atoms with van der Waals surface area (Å²) in [6.07, 6.45) is 5.65. The molecule has 1 aromatic carbocycles. The predicted octanol–water partition coefficient (Wildman–Crippen LogP) is 4.28. The number of nitrogens with zero attached hydrogens (tertiary/aromatic N) is 3. The van der Waals surface area contributed by atoms with E-state index >= 15 is 0 Å². The van der Waals surface area contributed by atoms with E-state index < -0.39 is 0 Å². The molecule has 108 valence electrons. The zero-order chi connectivity index (χ0) is 14.8. The maximum absolute atomic E-state index is 5.81. The van der Waals surface area contributed by atoms with Crippen LogP contribution in [0.5, 0.6) is 0 Å². The van der Waals surface area contributed by atoms with E-state index in [1.807, 2.05) is 60.9 Å². The van der Waals surface area contributed by atoms with Gasteiger partial charge in [-0.1, -0.05) is 48.2 Å². The lowest BCUT2D eigenvalue weighted by Gasteiger charge is -1.99. The van der Waals surface area contributed by atoms with Crippen molar-refractivity contribution < 1.29 is 4.42 Å². The molecule has 4 rings (SSSR count). The second-order valence-corrected chi connectivity index (χ2v) is 5.75. The van der Waals surface area contributed by atoms with Crippen LogP contribution in [0.3, 0.4) is 0 Å². The lowest BCUT2D eigenvalue weighted by molar-refractivity contribution is 0.530. The van der Waals surface area contributed by atoms with E-state index in [2.05, 4.69) is 14.4 Å². The summed E-state index contributed by atoms with van der Waals surface area (Å²) in [4.78, 5) is 8.78. The third kappa shape index (κ3) is 2.51. The van der Waals surface area contributed by atoms with Crippen molar-refractivity contribution in [2.24, 2.45) is 0 Å². The molecule has 3 aromatic heterocycles. The van der Waals surface area contributed by atoms with Crippen LogP contribution in [-0.2, 0) is 5.75 Å². The van der Waals surface area contributed by atoms with Crippen LogP contribution < -0.4 is 0 Å². The van der Waals surface area contributed by atoms with Crippen molar-refractivity contribution in [2.45, 2.75) is 10.9 Å². The molecule has 0 fully saturated rings. The van der Waals surface area contributed by atoms with Crippen LogP contribution in [0.4, 0.5) is 0 Å². The smallest absolute Gasteiger partial charge is 0.205 e. The lowest BCUT2D eigenvalue weighted by atomic mass is 10.2. The highest BCUT2D eigenvalue weighted by molar-refractivity contribution is 7.98. The minimum Gasteiger partial charge on any atom is -0.440 e. The van der Waals surface area contributed by atoms with E-state index in [0.717, 1.165) is 22.0 Å². The van der Waals surface area contributed by atoms with Gasteiger partial charge in [-0.15, -0.1) is 0 Å². The van der Waals surface area contributed by atoms with E-state index in [-0.39, 0.29) is 0 Å². The molecule has 0 aliphatic rings. The molecule has 22 heavy (non-hydrogen) atoms. The highest BCUT2D eigenvalue weighted by Gasteiger charge is 2.09. The maximum atomic E-state index is 5.81. The van der Waals surface area contributed by atoms with Gasteiger partial charge in [0.2, 0.25) is 5.89 Å². The first-order chi connectivity index (χ1) is 10.9. The first-order valence-electron chi connectivity index (χ1n) is 6.95. The Labute approximate surface area is 131 Å². The standard InChI is InChI=1S/C17H13N3OS/c1-2-6-13(7-3-1)15-11-18-16(21-15)12-22-17-19-10-14-8-4-5-9-20(14)17/h1-11H,12H2. The van der Waals surface area contributed by atoms with Crippen molar-refractivity contribution in [2.75, 3.05) is 0 Å². The number of hydrogen-bond acceptors (Lipinski definition) is 4. The van der Waals surface area contributed by atoms with Gasteiger partial charge in [-0.3, -0.25) is 4.40 Å². The largest absolute Gasteiger partial charge is 0.440 e. The molecule has 4 aromatic rings. The molecule has 3 heterocycles. The topological polar surface area (TPSA) is 43.3 Å². The Morgan fingerprint density at radius 3 is 2.73 bits per heavy atom. The lowest BCUT2D eigenvalue weighted by Crippen LogP contribution is -1.87. The quantitative estimate of drug-likeness (QED) is 0.528. The van der Waals surface area contributed by atoms with Crippen molar-refractivity contribution in [1.29, 1.82) is 0 Å². The van der Waals surface area contributed by atoms with Crippen LogP contribution in [0.15, 0.2) is 76.7 Å². The third-order valence-corrected chi connectivity index (χ3v) is 4.29. The normalized spacial score (nSPS) is 11.1. The molecule has 0 unspecified atom stereocenters. The second kappa shape index (κ2) is 5.69. The fourth-order valence-electron chi connectivity index (χ4n) is 2.27. The van der Waals surface area contributed by atoms with Gasteiger partial charge in [0.15, 0.2) is 10.9 Å². The Bertz CT molecular complexity index is 898. The highest BCUT2D eigenvalue weighted by atomic mass is 32.2. The molecule has 0 radical (unpaired) electrons. The van der Waals surface area contributed by atoms with Crippen LogP contribution in [0.25, 0.3) is 16.8 Å². The maximum Gasteiger partial charge on any atom is 0.205 e. The van der Waals surface area contributed by atoms with E-state index in [0.29, 0.717) is 11.6 Å². The Kier molecular flexibility index (Phi) is 3.40. The first-order valence-corrected chi connectivity index (χ1v) is 7.94. The van der Waals surface area contributed by atoms with Gasteiger partial charge in [-0.05, 0) is 12.1 Å². The third-order valence-electron chi connectivity index (χ3n) is 3.34. The fraction of sp³-hybridized carbons (Fsp3) is 0.0588. The summed E-state index contributed by atoms with van der Waals surface area (Å²) in [7, 11) is 0. The van der Waals surface area contributed by atoms with Crippen LogP contribution in [0, 0.1) is 0 Å². The Morgan fingerprint density at radius 2 is 1.82 bits per heavy atom. The van der Waals surface area contributed by atoms with Gasteiger partial charge < -0.3 is 4.42 Å². The minimum absolute atomic E-state index is 0.654. The summed E-state index contributed by atoms with van der Waals surface area (Å²) in [6.45, 7) is 0. The molecular weight excluding hydrogens is 294 g/mol. The molecular formula is C17H13N3OS. The van der Waals surface area contributed by atoms with Gasteiger partial charge in [0, 0.05) is 11.8 Å². The van der Waals surface area contributed by atoms with Gasteiger partial charge >= 0.3 is 0 Å². The number of hydrogen-bond donors (Lipinski definition) is 0. The molecule has 0 N–H and O–H groups in total. The number of aromatic nitrogens is 3. The van der Waals surface area contributed by atoms with Crippen molar-refractivity contribution >= 4 is 17.3 Å². The van der Waals surface area contributed by atoms with E-state index in [1.165, 1.54) is 0 Å². The van der Waals surface area contributed by atoms with Crippen molar-refractivity contribution in [3.8, 4) is 11.3 Å². The van der Waals surface area contributed by atoms with E-state index in [4.69, 9.17) is 4.42 Å². The Hall–Kier alpha value is -2.53. The second-order valence-electron chi connectivity index (χ2n) is 4.81. The molecule has 0 aliphatic carbocycles. The molecule has 5 heteroatoms. The van der Waals surface area contributed by atoms with E-state index in [9.17, 15) is 0 Å². The summed E-state index contributed by atoms with van der Waals surface area (Å²) < 4.78 is 7.87. The molecule has 4 nitrogen and oxygen atoms in total. The van der Waals surface area contributed by atoms with Gasteiger partial charge in [0.25, 0.3) is 0 Å². The number of thioether (sulfide) groups is 1. The average molecular weight is 307 g/mol. The molecule has 0 bridgehead atoms. The predicted molar refractivity (Wildman–Crippen MR) is 86.7 cm³/mol. The number of rotatable bonds is 4. The van der Waals surface area contributed by atoms with Gasteiger partial charge in [-0.25, -0.2) is 9.97 Å². The Morgan fingerprint density at radius 1 is 0.955 bits per heavy atom. The van der Waals surface area contributed by atoms with Gasteiger partial charge in [0.05, 0.1) is 23.7 Å². The van der Waals surface area contributed by atoms with Gasteiger partial charge in [-0.2, -0.15) is 0 Å².